The molecule has 0 bridgehead atoms. The molecular formula is C14H19N3O2. The van der Waals surface area contributed by atoms with Crippen LogP contribution < -0.4 is 11.1 Å². The maximum Gasteiger partial charge on any atom is 0.253 e. The first-order valence-corrected chi connectivity index (χ1v) is 6.33. The lowest BCUT2D eigenvalue weighted by Crippen LogP contribution is -2.34. The van der Waals surface area contributed by atoms with Crippen molar-refractivity contribution in [1.29, 1.82) is 0 Å². The lowest BCUT2D eigenvalue weighted by atomic mass is 10.1. The molecule has 0 saturated carbocycles. The fourth-order valence-electron chi connectivity index (χ4n) is 2.20. The number of H-pyrrole nitrogens is 1. The van der Waals surface area contributed by atoms with Crippen molar-refractivity contribution >= 4 is 22.5 Å². The summed E-state index contributed by atoms with van der Waals surface area (Å²) in [5.74, 6) is -0.149. The second-order valence-electron chi connectivity index (χ2n) is 4.97. The number of nitrogen functional groups attached to an aromatic ring is 1. The van der Waals surface area contributed by atoms with E-state index in [1.807, 2.05) is 13.0 Å². The van der Waals surface area contributed by atoms with Gasteiger partial charge in [-0.15, -0.1) is 0 Å². The third-order valence-corrected chi connectivity index (χ3v) is 3.02. The minimum Gasteiger partial charge on any atom is -0.399 e. The number of carbonyl (C=O) groups excluding carboxylic acids is 1. The summed E-state index contributed by atoms with van der Waals surface area (Å²) in [6.45, 7) is 3.58. The predicted octanol–water partition coefficient (Wildman–Crippen LogP) is 1.64. The van der Waals surface area contributed by atoms with Crippen molar-refractivity contribution in [3.05, 3.63) is 30.0 Å². The molecule has 0 aliphatic heterocycles. The number of aliphatic hydroxyl groups excluding tert-OH is 1. The van der Waals surface area contributed by atoms with Crippen LogP contribution in [0.3, 0.4) is 0 Å². The fourth-order valence-corrected chi connectivity index (χ4v) is 2.20. The predicted molar refractivity (Wildman–Crippen MR) is 75.9 cm³/mol. The molecule has 0 saturated heterocycles. The Morgan fingerprint density at radius 1 is 1.47 bits per heavy atom. The van der Waals surface area contributed by atoms with Crippen LogP contribution >= 0.6 is 0 Å². The van der Waals surface area contributed by atoms with Crippen LogP contribution in [-0.4, -0.2) is 28.1 Å². The molecule has 0 aliphatic rings. The minimum absolute atomic E-state index is 0.0776. The van der Waals surface area contributed by atoms with E-state index < -0.39 is 6.10 Å². The first-order valence-electron chi connectivity index (χ1n) is 6.33. The molecular weight excluding hydrogens is 242 g/mol. The van der Waals surface area contributed by atoms with Crippen molar-refractivity contribution in [3.8, 4) is 0 Å². The average Bonchev–Trinajstić information content (AvgIpc) is 2.70. The van der Waals surface area contributed by atoms with Crippen molar-refractivity contribution in [3.63, 3.8) is 0 Å². The van der Waals surface area contributed by atoms with E-state index in [2.05, 4.69) is 10.3 Å². The van der Waals surface area contributed by atoms with E-state index in [0.29, 0.717) is 17.7 Å². The SMILES string of the molecule is CC(O)CC(C)NC(=O)c1c[nH]c2cc(N)ccc12. The molecule has 2 atom stereocenters. The maximum absolute atomic E-state index is 12.2. The topological polar surface area (TPSA) is 91.1 Å². The Labute approximate surface area is 111 Å². The lowest BCUT2D eigenvalue weighted by molar-refractivity contribution is 0.0924. The number of aliphatic hydroxyl groups is 1. The summed E-state index contributed by atoms with van der Waals surface area (Å²) in [6.07, 6.45) is 1.77. The number of aromatic nitrogens is 1. The largest absolute Gasteiger partial charge is 0.399 e. The zero-order valence-electron chi connectivity index (χ0n) is 11.1. The molecule has 0 spiro atoms. The molecule has 19 heavy (non-hydrogen) atoms. The Morgan fingerprint density at radius 2 is 2.21 bits per heavy atom. The number of carbonyl (C=O) groups is 1. The summed E-state index contributed by atoms with van der Waals surface area (Å²) in [4.78, 5) is 15.2. The van der Waals surface area contributed by atoms with Crippen LogP contribution in [-0.2, 0) is 0 Å². The van der Waals surface area contributed by atoms with Crippen LogP contribution in [0.15, 0.2) is 24.4 Å². The molecule has 1 aromatic carbocycles. The van der Waals surface area contributed by atoms with Gasteiger partial charge in [-0.05, 0) is 38.5 Å². The van der Waals surface area contributed by atoms with Crippen molar-refractivity contribution in [2.75, 3.05) is 5.73 Å². The van der Waals surface area contributed by atoms with E-state index in [0.717, 1.165) is 10.9 Å². The molecule has 102 valence electrons. The van der Waals surface area contributed by atoms with Crippen LogP contribution in [0, 0.1) is 0 Å². The first kappa shape index (κ1) is 13.4. The number of benzene rings is 1. The van der Waals surface area contributed by atoms with Crippen molar-refractivity contribution < 1.29 is 9.90 Å². The Kier molecular flexibility index (Phi) is 3.76. The van der Waals surface area contributed by atoms with Gasteiger partial charge in [0.25, 0.3) is 5.91 Å². The summed E-state index contributed by atoms with van der Waals surface area (Å²) in [5.41, 5.74) is 7.78. The smallest absolute Gasteiger partial charge is 0.253 e. The molecule has 0 fully saturated rings. The van der Waals surface area contributed by atoms with Crippen LogP contribution in [0.1, 0.15) is 30.6 Å². The standard InChI is InChI=1S/C14H19N3O2/c1-8(5-9(2)18)17-14(19)12-7-16-13-6-10(15)3-4-11(12)13/h3-4,6-9,16,18H,5,15H2,1-2H3,(H,17,19). The van der Waals surface area contributed by atoms with Crippen LogP contribution in [0.25, 0.3) is 10.9 Å². The molecule has 0 aliphatic carbocycles. The number of amides is 1. The Balaban J connectivity index is 2.18. The van der Waals surface area contributed by atoms with Gasteiger partial charge in [0.15, 0.2) is 0 Å². The number of hydrogen-bond donors (Lipinski definition) is 4. The molecule has 5 N–H and O–H groups in total. The van der Waals surface area contributed by atoms with Gasteiger partial charge in [-0.2, -0.15) is 0 Å². The van der Waals surface area contributed by atoms with E-state index in [9.17, 15) is 9.90 Å². The molecule has 5 heteroatoms. The van der Waals surface area contributed by atoms with E-state index in [4.69, 9.17) is 5.73 Å². The lowest BCUT2D eigenvalue weighted by Gasteiger charge is -2.15. The molecule has 5 nitrogen and oxygen atoms in total. The summed E-state index contributed by atoms with van der Waals surface area (Å²) in [6, 6.07) is 5.32. The number of nitrogens with two attached hydrogens (primary N) is 1. The van der Waals surface area contributed by atoms with E-state index in [1.54, 1.807) is 25.3 Å². The molecule has 1 heterocycles. The summed E-state index contributed by atoms with van der Waals surface area (Å²) in [5, 5.41) is 13.0. The second kappa shape index (κ2) is 5.32. The third kappa shape index (κ3) is 3.06. The van der Waals surface area contributed by atoms with Gasteiger partial charge in [0.05, 0.1) is 11.7 Å². The number of fused-ring (bicyclic) bond motifs is 1. The zero-order chi connectivity index (χ0) is 14.0. The van der Waals surface area contributed by atoms with Gasteiger partial charge in [0.2, 0.25) is 0 Å². The van der Waals surface area contributed by atoms with Gasteiger partial charge in [-0.3, -0.25) is 4.79 Å². The van der Waals surface area contributed by atoms with Crippen molar-refractivity contribution in [1.82, 2.24) is 10.3 Å². The summed E-state index contributed by atoms with van der Waals surface area (Å²) in [7, 11) is 0. The zero-order valence-corrected chi connectivity index (χ0v) is 11.1. The molecule has 1 amide bonds. The van der Waals surface area contributed by atoms with Crippen LogP contribution in [0.2, 0.25) is 0 Å². The number of rotatable bonds is 4. The normalized spacial score (nSPS) is 14.3. The van der Waals surface area contributed by atoms with Crippen LogP contribution in [0.4, 0.5) is 5.69 Å². The molecule has 2 aromatic rings. The van der Waals surface area contributed by atoms with E-state index in [1.165, 1.54) is 0 Å². The number of hydrogen-bond acceptors (Lipinski definition) is 3. The molecule has 2 unspecified atom stereocenters. The first-order chi connectivity index (χ1) is 8.97. The van der Waals surface area contributed by atoms with Crippen LogP contribution in [0.5, 0.6) is 0 Å². The number of aromatic amines is 1. The highest BCUT2D eigenvalue weighted by atomic mass is 16.3. The highest BCUT2D eigenvalue weighted by Gasteiger charge is 2.15. The van der Waals surface area contributed by atoms with Gasteiger partial charge in [-0.25, -0.2) is 0 Å². The molecule has 1 aromatic heterocycles. The number of anilines is 1. The maximum atomic E-state index is 12.2. The Morgan fingerprint density at radius 3 is 2.89 bits per heavy atom. The summed E-state index contributed by atoms with van der Waals surface area (Å²) >= 11 is 0. The monoisotopic (exact) mass is 261 g/mol. The van der Waals surface area contributed by atoms with Gasteiger partial charge < -0.3 is 21.1 Å². The Hall–Kier alpha value is -2.01. The van der Waals surface area contributed by atoms with Gasteiger partial charge >= 0.3 is 0 Å². The van der Waals surface area contributed by atoms with Gasteiger partial charge in [-0.1, -0.05) is 0 Å². The fraction of sp³-hybridized carbons (Fsp3) is 0.357. The van der Waals surface area contributed by atoms with Gasteiger partial charge in [0, 0.05) is 28.8 Å². The number of nitrogens with one attached hydrogen (secondary N) is 2. The Bertz CT molecular complexity index is 589. The molecule has 0 radical (unpaired) electrons. The molecule has 2 rings (SSSR count). The highest BCUT2D eigenvalue weighted by molar-refractivity contribution is 6.07. The average molecular weight is 261 g/mol. The van der Waals surface area contributed by atoms with E-state index >= 15 is 0 Å². The quantitative estimate of drug-likeness (QED) is 0.630. The van der Waals surface area contributed by atoms with Crippen molar-refractivity contribution in [2.24, 2.45) is 0 Å². The highest BCUT2D eigenvalue weighted by Crippen LogP contribution is 2.20. The second-order valence-corrected chi connectivity index (χ2v) is 4.97. The third-order valence-electron chi connectivity index (χ3n) is 3.02. The minimum atomic E-state index is -0.432. The van der Waals surface area contributed by atoms with Gasteiger partial charge in [0.1, 0.15) is 0 Å². The van der Waals surface area contributed by atoms with Crippen molar-refractivity contribution in [2.45, 2.75) is 32.4 Å². The summed E-state index contributed by atoms with van der Waals surface area (Å²) < 4.78 is 0. The van der Waals surface area contributed by atoms with E-state index in [-0.39, 0.29) is 11.9 Å².